The van der Waals surface area contributed by atoms with E-state index in [0.29, 0.717) is 0 Å². The number of carbonyl (C=O) groups excluding carboxylic acids is 1. The van der Waals surface area contributed by atoms with Crippen LogP contribution in [0.4, 0.5) is 14.5 Å². The van der Waals surface area contributed by atoms with Gasteiger partial charge in [-0.2, -0.15) is 0 Å². The van der Waals surface area contributed by atoms with E-state index in [-0.39, 0.29) is 16.3 Å². The number of sulfonamides is 1. The van der Waals surface area contributed by atoms with Gasteiger partial charge in [-0.15, -0.1) is 0 Å². The summed E-state index contributed by atoms with van der Waals surface area (Å²) in [7, 11) is -2.67. The van der Waals surface area contributed by atoms with Crippen LogP contribution in [0.1, 0.15) is 11.1 Å². The van der Waals surface area contributed by atoms with Gasteiger partial charge >= 0.3 is 0 Å². The molecule has 0 unspecified atom stereocenters. The summed E-state index contributed by atoms with van der Waals surface area (Å²) in [4.78, 5) is 11.8. The molecule has 0 atom stereocenters. The molecule has 0 aliphatic rings. The molecule has 0 fully saturated rings. The Morgan fingerprint density at radius 2 is 1.73 bits per heavy atom. The third-order valence-corrected chi connectivity index (χ3v) is 5.12. The largest absolute Gasteiger partial charge is 0.495 e. The third kappa shape index (κ3) is 4.55. The first-order chi connectivity index (χ1) is 12.1. The molecule has 0 spiro atoms. The highest BCUT2D eigenvalue weighted by Gasteiger charge is 2.21. The summed E-state index contributed by atoms with van der Waals surface area (Å²) in [6.45, 7) is 2.98. The van der Waals surface area contributed by atoms with Gasteiger partial charge in [-0.05, 0) is 49.2 Å². The quantitative estimate of drug-likeness (QED) is 0.802. The van der Waals surface area contributed by atoms with Crippen molar-refractivity contribution in [3.63, 3.8) is 0 Å². The smallest absolute Gasteiger partial charge is 0.244 e. The Balaban J connectivity index is 2.11. The van der Waals surface area contributed by atoms with Crippen molar-refractivity contribution in [1.82, 2.24) is 4.72 Å². The molecule has 0 radical (unpaired) electrons. The number of halogens is 2. The molecule has 0 heterocycles. The van der Waals surface area contributed by atoms with Crippen molar-refractivity contribution in [3.8, 4) is 5.75 Å². The molecule has 9 heteroatoms. The van der Waals surface area contributed by atoms with Crippen molar-refractivity contribution in [2.24, 2.45) is 0 Å². The van der Waals surface area contributed by atoms with E-state index < -0.39 is 34.1 Å². The molecule has 0 bridgehead atoms. The molecule has 6 nitrogen and oxygen atoms in total. The van der Waals surface area contributed by atoms with E-state index in [4.69, 9.17) is 4.74 Å². The van der Waals surface area contributed by atoms with Crippen molar-refractivity contribution in [3.05, 3.63) is 53.1 Å². The van der Waals surface area contributed by atoms with E-state index in [2.05, 4.69) is 10.0 Å². The van der Waals surface area contributed by atoms with Gasteiger partial charge in [-0.1, -0.05) is 0 Å². The van der Waals surface area contributed by atoms with E-state index in [1.807, 2.05) is 6.92 Å². The van der Waals surface area contributed by atoms with Crippen molar-refractivity contribution in [2.75, 3.05) is 19.0 Å². The topological polar surface area (TPSA) is 84.5 Å². The number of carbonyl (C=O) groups is 1. The monoisotopic (exact) mass is 384 g/mol. The Hall–Kier alpha value is -2.52. The maximum atomic E-state index is 13.1. The standard InChI is InChI=1S/C17H18F2N2O4S/c1-10-6-15(25-3)16(7-11(10)2)26(23,24)20-9-17(22)21-12-4-5-13(18)14(19)8-12/h4-8,20H,9H2,1-3H3,(H,21,22). The molecule has 0 saturated heterocycles. The maximum absolute atomic E-state index is 13.1. The zero-order valence-electron chi connectivity index (χ0n) is 14.4. The average Bonchev–Trinajstić information content (AvgIpc) is 2.58. The number of benzene rings is 2. The molecule has 2 N–H and O–H groups in total. The molecule has 2 rings (SSSR count). The fourth-order valence-corrected chi connectivity index (χ4v) is 3.37. The van der Waals surface area contributed by atoms with Crippen LogP contribution in [0.5, 0.6) is 5.75 Å². The van der Waals surface area contributed by atoms with Crippen LogP contribution in [0, 0.1) is 25.5 Å². The van der Waals surface area contributed by atoms with Crippen LogP contribution < -0.4 is 14.8 Å². The first kappa shape index (κ1) is 19.8. The number of hydrogen-bond donors (Lipinski definition) is 2. The molecule has 1 amide bonds. The summed E-state index contributed by atoms with van der Waals surface area (Å²) in [6.07, 6.45) is 0. The molecule has 0 aromatic heterocycles. The summed E-state index contributed by atoms with van der Waals surface area (Å²) in [6, 6.07) is 5.86. The van der Waals surface area contributed by atoms with E-state index >= 15 is 0 Å². The summed E-state index contributed by atoms with van der Waals surface area (Å²) < 4.78 is 58.2. The molecule has 2 aromatic rings. The predicted molar refractivity (Wildman–Crippen MR) is 92.6 cm³/mol. The van der Waals surface area contributed by atoms with Gasteiger partial charge in [0, 0.05) is 11.8 Å². The minimum absolute atomic E-state index is 0.0110. The van der Waals surface area contributed by atoms with E-state index in [1.165, 1.54) is 13.2 Å². The molecule has 2 aromatic carbocycles. The van der Waals surface area contributed by atoms with Gasteiger partial charge in [0.2, 0.25) is 15.9 Å². The van der Waals surface area contributed by atoms with Gasteiger partial charge in [-0.3, -0.25) is 4.79 Å². The van der Waals surface area contributed by atoms with Gasteiger partial charge < -0.3 is 10.1 Å². The van der Waals surface area contributed by atoms with Crippen LogP contribution in [0.25, 0.3) is 0 Å². The number of rotatable bonds is 6. The first-order valence-corrected chi connectivity index (χ1v) is 9.02. The van der Waals surface area contributed by atoms with Crippen molar-refractivity contribution >= 4 is 21.6 Å². The molecule has 0 aliphatic heterocycles. The molecule has 26 heavy (non-hydrogen) atoms. The Labute approximate surface area is 150 Å². The zero-order valence-corrected chi connectivity index (χ0v) is 15.2. The molecule has 0 aliphatic carbocycles. The maximum Gasteiger partial charge on any atom is 0.244 e. The lowest BCUT2D eigenvalue weighted by molar-refractivity contribution is -0.115. The lowest BCUT2D eigenvalue weighted by atomic mass is 10.1. The molecular formula is C17H18F2N2O4S. The number of anilines is 1. The van der Waals surface area contributed by atoms with Crippen molar-refractivity contribution in [1.29, 1.82) is 0 Å². The van der Waals surface area contributed by atoms with Crippen molar-refractivity contribution in [2.45, 2.75) is 18.7 Å². The lowest BCUT2D eigenvalue weighted by Crippen LogP contribution is -2.33. The van der Waals surface area contributed by atoms with Gasteiger partial charge in [0.15, 0.2) is 11.6 Å². The van der Waals surface area contributed by atoms with Crippen LogP contribution in [0.15, 0.2) is 35.2 Å². The molecule has 0 saturated carbocycles. The Bertz CT molecular complexity index is 946. The summed E-state index contributed by atoms with van der Waals surface area (Å²) in [5.41, 5.74) is 1.62. The second kappa shape index (κ2) is 7.79. The predicted octanol–water partition coefficient (Wildman–Crippen LogP) is 2.51. The number of methoxy groups -OCH3 is 1. The van der Waals surface area contributed by atoms with Crippen LogP contribution in [0.2, 0.25) is 0 Å². The highest BCUT2D eigenvalue weighted by Crippen LogP contribution is 2.27. The second-order valence-corrected chi connectivity index (χ2v) is 7.32. The normalized spacial score (nSPS) is 11.3. The van der Waals surface area contributed by atoms with Crippen LogP contribution in [-0.2, 0) is 14.8 Å². The van der Waals surface area contributed by atoms with Crippen LogP contribution in [-0.4, -0.2) is 28.0 Å². The van der Waals surface area contributed by atoms with Crippen LogP contribution >= 0.6 is 0 Å². The molecule has 140 valence electrons. The van der Waals surface area contributed by atoms with Crippen molar-refractivity contribution < 1.29 is 26.7 Å². The zero-order chi connectivity index (χ0) is 19.5. The van der Waals surface area contributed by atoms with Gasteiger partial charge in [0.05, 0.1) is 13.7 Å². The van der Waals surface area contributed by atoms with Gasteiger partial charge in [0.25, 0.3) is 0 Å². The van der Waals surface area contributed by atoms with E-state index in [0.717, 1.165) is 29.3 Å². The van der Waals surface area contributed by atoms with E-state index in [9.17, 15) is 22.0 Å². The van der Waals surface area contributed by atoms with Gasteiger partial charge in [0.1, 0.15) is 10.6 Å². The summed E-state index contributed by atoms with van der Waals surface area (Å²) in [5, 5.41) is 2.28. The van der Waals surface area contributed by atoms with E-state index in [1.54, 1.807) is 13.0 Å². The Kier molecular flexibility index (Phi) is 5.94. The second-order valence-electron chi connectivity index (χ2n) is 5.59. The number of ether oxygens (including phenoxy) is 1. The SMILES string of the molecule is COc1cc(C)c(C)cc1S(=O)(=O)NCC(=O)Nc1ccc(F)c(F)c1. The summed E-state index contributed by atoms with van der Waals surface area (Å²) >= 11 is 0. The Morgan fingerprint density at radius 3 is 2.35 bits per heavy atom. The fraction of sp³-hybridized carbons (Fsp3) is 0.235. The molecular weight excluding hydrogens is 366 g/mol. The number of hydrogen-bond acceptors (Lipinski definition) is 4. The fourth-order valence-electron chi connectivity index (χ4n) is 2.15. The number of amides is 1. The minimum atomic E-state index is -4.01. The number of aryl methyl sites for hydroxylation is 2. The first-order valence-electron chi connectivity index (χ1n) is 7.54. The number of nitrogens with one attached hydrogen (secondary N) is 2. The van der Waals surface area contributed by atoms with Gasteiger partial charge in [-0.25, -0.2) is 21.9 Å². The average molecular weight is 384 g/mol. The lowest BCUT2D eigenvalue weighted by Gasteiger charge is -2.13. The Morgan fingerprint density at radius 1 is 1.08 bits per heavy atom. The third-order valence-electron chi connectivity index (χ3n) is 3.70. The minimum Gasteiger partial charge on any atom is -0.495 e. The summed E-state index contributed by atoms with van der Waals surface area (Å²) in [5.74, 6) is -2.75. The van der Waals surface area contributed by atoms with Crippen LogP contribution in [0.3, 0.4) is 0 Å². The highest BCUT2D eigenvalue weighted by molar-refractivity contribution is 7.89. The highest BCUT2D eigenvalue weighted by atomic mass is 32.2.